The summed E-state index contributed by atoms with van der Waals surface area (Å²) in [6, 6.07) is 5.55. The van der Waals surface area contributed by atoms with Crippen LogP contribution in [0.15, 0.2) is 29.8 Å². The predicted molar refractivity (Wildman–Crippen MR) is 126 cm³/mol. The zero-order chi connectivity index (χ0) is 21.2. The van der Waals surface area contributed by atoms with E-state index >= 15 is 0 Å². The van der Waals surface area contributed by atoms with Gasteiger partial charge in [-0.2, -0.15) is 0 Å². The summed E-state index contributed by atoms with van der Waals surface area (Å²) in [7, 11) is 0. The molecule has 1 unspecified atom stereocenters. The van der Waals surface area contributed by atoms with Gasteiger partial charge in [0.25, 0.3) is 0 Å². The van der Waals surface area contributed by atoms with Gasteiger partial charge in [-0.05, 0) is 86.8 Å². The molecule has 2 heteroatoms. The molecule has 168 valence electrons. The summed E-state index contributed by atoms with van der Waals surface area (Å²) in [5.74, 6) is 3.08. The third-order valence-electron chi connectivity index (χ3n) is 7.67. The van der Waals surface area contributed by atoms with Gasteiger partial charge in [-0.25, -0.2) is 4.39 Å². The second kappa shape index (κ2) is 12.5. The summed E-state index contributed by atoms with van der Waals surface area (Å²) in [6.45, 7) is 5.16. The van der Waals surface area contributed by atoms with Crippen molar-refractivity contribution in [2.75, 3.05) is 6.61 Å². The molecule has 0 heterocycles. The highest BCUT2D eigenvalue weighted by atomic mass is 19.1. The van der Waals surface area contributed by atoms with Crippen molar-refractivity contribution in [3.8, 4) is 5.75 Å². The maximum Gasteiger partial charge on any atom is 0.165 e. The Balaban J connectivity index is 1.39. The summed E-state index contributed by atoms with van der Waals surface area (Å²) >= 11 is 0. The predicted octanol–water partition coefficient (Wildman–Crippen LogP) is 8.66. The lowest BCUT2D eigenvalue weighted by atomic mass is 9.71. The van der Waals surface area contributed by atoms with E-state index in [4.69, 9.17) is 4.74 Å². The van der Waals surface area contributed by atoms with E-state index in [9.17, 15) is 4.39 Å². The average Bonchev–Trinajstić information content (AvgIpc) is 2.79. The molecule has 1 fully saturated rings. The lowest BCUT2D eigenvalue weighted by molar-refractivity contribution is 0.189. The number of halogens is 1. The SMILES string of the molecule is CCCCCCOc1ccc(CCC2=CCC([C@H]3CC[C@H](CC)CC3)CC2)cc1F. The van der Waals surface area contributed by atoms with E-state index in [2.05, 4.69) is 19.9 Å². The van der Waals surface area contributed by atoms with E-state index in [1.807, 2.05) is 12.1 Å². The number of ether oxygens (including phenoxy) is 1. The number of hydrogen-bond donors (Lipinski definition) is 0. The van der Waals surface area contributed by atoms with Crippen LogP contribution >= 0.6 is 0 Å². The minimum Gasteiger partial charge on any atom is -0.491 e. The van der Waals surface area contributed by atoms with E-state index < -0.39 is 0 Å². The highest BCUT2D eigenvalue weighted by Gasteiger charge is 2.27. The Hall–Kier alpha value is -1.31. The summed E-state index contributed by atoms with van der Waals surface area (Å²) in [5, 5.41) is 0. The Morgan fingerprint density at radius 2 is 1.77 bits per heavy atom. The van der Waals surface area contributed by atoms with Gasteiger partial charge in [-0.3, -0.25) is 0 Å². The van der Waals surface area contributed by atoms with Gasteiger partial charge in [-0.15, -0.1) is 0 Å². The molecule has 1 aromatic rings. The second-order valence-electron chi connectivity index (χ2n) is 9.76. The molecule has 2 aliphatic rings. The molecule has 3 rings (SSSR count). The number of rotatable bonds is 11. The Bertz CT molecular complexity index is 657. The van der Waals surface area contributed by atoms with Crippen LogP contribution in [0.25, 0.3) is 0 Å². The fourth-order valence-corrected chi connectivity index (χ4v) is 5.46. The van der Waals surface area contributed by atoms with Crippen LogP contribution in [0.1, 0.15) is 103 Å². The van der Waals surface area contributed by atoms with Crippen LogP contribution in [0, 0.1) is 23.6 Å². The molecule has 0 aromatic heterocycles. The van der Waals surface area contributed by atoms with Crippen molar-refractivity contribution in [1.82, 2.24) is 0 Å². The molecule has 0 saturated heterocycles. The molecule has 0 spiro atoms. The van der Waals surface area contributed by atoms with Crippen LogP contribution in [0.3, 0.4) is 0 Å². The largest absolute Gasteiger partial charge is 0.491 e. The molecular formula is C28H43FO. The molecular weight excluding hydrogens is 371 g/mol. The van der Waals surface area contributed by atoms with Gasteiger partial charge in [0.1, 0.15) is 0 Å². The lowest BCUT2D eigenvalue weighted by Gasteiger charge is -2.35. The van der Waals surface area contributed by atoms with Crippen molar-refractivity contribution in [3.63, 3.8) is 0 Å². The zero-order valence-corrected chi connectivity index (χ0v) is 19.4. The average molecular weight is 415 g/mol. The lowest BCUT2D eigenvalue weighted by Crippen LogP contribution is -2.23. The smallest absolute Gasteiger partial charge is 0.165 e. The van der Waals surface area contributed by atoms with Gasteiger partial charge in [0.2, 0.25) is 0 Å². The number of benzene rings is 1. The van der Waals surface area contributed by atoms with Crippen LogP contribution in [-0.4, -0.2) is 6.61 Å². The maximum absolute atomic E-state index is 14.4. The van der Waals surface area contributed by atoms with Crippen molar-refractivity contribution in [3.05, 3.63) is 41.2 Å². The summed E-state index contributed by atoms with van der Waals surface area (Å²) in [5.41, 5.74) is 2.68. The molecule has 0 bridgehead atoms. The van der Waals surface area contributed by atoms with Gasteiger partial charge in [0.15, 0.2) is 11.6 Å². The van der Waals surface area contributed by atoms with E-state index in [-0.39, 0.29) is 5.82 Å². The van der Waals surface area contributed by atoms with Crippen LogP contribution in [0.5, 0.6) is 5.75 Å². The van der Waals surface area contributed by atoms with Crippen LogP contribution in [0.2, 0.25) is 0 Å². The van der Waals surface area contributed by atoms with Crippen LogP contribution in [-0.2, 0) is 6.42 Å². The third-order valence-corrected chi connectivity index (χ3v) is 7.67. The molecule has 1 atom stereocenters. The highest BCUT2D eigenvalue weighted by Crippen LogP contribution is 2.40. The normalized spacial score (nSPS) is 24.5. The fraction of sp³-hybridized carbons (Fsp3) is 0.714. The molecule has 0 radical (unpaired) electrons. The van der Waals surface area contributed by atoms with Gasteiger partial charge in [0, 0.05) is 0 Å². The number of hydrogen-bond acceptors (Lipinski definition) is 1. The van der Waals surface area contributed by atoms with Gasteiger partial charge >= 0.3 is 0 Å². The number of aryl methyl sites for hydroxylation is 1. The van der Waals surface area contributed by atoms with Crippen molar-refractivity contribution in [1.29, 1.82) is 0 Å². The Morgan fingerprint density at radius 3 is 2.43 bits per heavy atom. The molecule has 0 aliphatic heterocycles. The molecule has 1 nitrogen and oxygen atoms in total. The first-order chi connectivity index (χ1) is 14.7. The first-order valence-corrected chi connectivity index (χ1v) is 12.8. The summed E-state index contributed by atoms with van der Waals surface area (Å²) in [4.78, 5) is 0. The minimum absolute atomic E-state index is 0.205. The molecule has 0 amide bonds. The van der Waals surface area contributed by atoms with Crippen LogP contribution in [0.4, 0.5) is 4.39 Å². The number of allylic oxidation sites excluding steroid dienone is 2. The molecule has 2 aliphatic carbocycles. The Kier molecular flexibility index (Phi) is 9.75. The van der Waals surface area contributed by atoms with Crippen LogP contribution < -0.4 is 4.74 Å². The minimum atomic E-state index is -0.205. The molecule has 1 aromatic carbocycles. The summed E-state index contributed by atoms with van der Waals surface area (Å²) < 4.78 is 20.0. The Morgan fingerprint density at radius 1 is 0.933 bits per heavy atom. The summed E-state index contributed by atoms with van der Waals surface area (Å²) in [6.07, 6.45) is 20.2. The van der Waals surface area contributed by atoms with Gasteiger partial charge in [0.05, 0.1) is 6.61 Å². The molecule has 30 heavy (non-hydrogen) atoms. The van der Waals surface area contributed by atoms with Crippen molar-refractivity contribution in [2.24, 2.45) is 17.8 Å². The Labute approximate surface area is 184 Å². The number of unbranched alkanes of at least 4 members (excludes halogenated alkanes) is 3. The zero-order valence-electron chi connectivity index (χ0n) is 19.4. The first kappa shape index (κ1) is 23.4. The van der Waals surface area contributed by atoms with Gasteiger partial charge < -0.3 is 4.74 Å². The van der Waals surface area contributed by atoms with Crippen molar-refractivity contribution < 1.29 is 9.13 Å². The van der Waals surface area contributed by atoms with E-state index in [0.717, 1.165) is 49.0 Å². The fourth-order valence-electron chi connectivity index (χ4n) is 5.46. The van der Waals surface area contributed by atoms with Crippen molar-refractivity contribution in [2.45, 2.75) is 104 Å². The third kappa shape index (κ3) is 7.13. The van der Waals surface area contributed by atoms with E-state index in [1.54, 1.807) is 11.6 Å². The molecule has 1 saturated carbocycles. The van der Waals surface area contributed by atoms with Crippen molar-refractivity contribution >= 4 is 0 Å². The van der Waals surface area contributed by atoms with Gasteiger partial charge in [-0.1, -0.05) is 70.1 Å². The van der Waals surface area contributed by atoms with E-state index in [0.29, 0.717) is 12.4 Å². The topological polar surface area (TPSA) is 9.23 Å². The maximum atomic E-state index is 14.4. The standard InChI is InChI=1S/C28H43FO/c1-3-5-6-7-20-30-28-19-14-24(21-27(28)29)9-8-23-12-17-26(18-13-23)25-15-10-22(4-2)11-16-25/h12,14,19,21-22,25-26H,3-11,13,15-18,20H2,1-2H3/t22-,25-,26?. The quantitative estimate of drug-likeness (QED) is 0.260. The molecule has 0 N–H and O–H groups in total. The monoisotopic (exact) mass is 414 g/mol. The highest BCUT2D eigenvalue weighted by molar-refractivity contribution is 5.30. The second-order valence-corrected chi connectivity index (χ2v) is 9.76. The first-order valence-electron chi connectivity index (χ1n) is 12.8. The van der Waals surface area contributed by atoms with E-state index in [1.165, 1.54) is 64.2 Å².